The molecule has 0 unspecified atom stereocenters. The van der Waals surface area contributed by atoms with Crippen molar-refractivity contribution in [3.63, 3.8) is 0 Å². The molecule has 0 aliphatic carbocycles. The van der Waals surface area contributed by atoms with Gasteiger partial charge in [-0.3, -0.25) is 4.79 Å². The molecule has 0 spiro atoms. The Kier molecular flexibility index (Phi) is 8.36. The van der Waals surface area contributed by atoms with E-state index >= 15 is 0 Å². The normalized spacial score (nSPS) is 30.2. The fraction of sp³-hybridized carbons (Fsp3) is 0.579. The topological polar surface area (TPSA) is 92.3 Å². The van der Waals surface area contributed by atoms with E-state index in [1.807, 2.05) is 0 Å². The molecule has 27 heavy (non-hydrogen) atoms. The lowest BCUT2D eigenvalue weighted by atomic mass is 10.0. The number of hydrogen-bond donors (Lipinski definition) is 1. The Hall–Kier alpha value is -2.00. The highest BCUT2D eigenvalue weighted by atomic mass is 16.8. The van der Waals surface area contributed by atoms with E-state index in [1.165, 1.54) is 20.3 Å². The van der Waals surface area contributed by atoms with Crippen molar-refractivity contribution in [2.24, 2.45) is 0 Å². The third-order valence-electron chi connectivity index (χ3n) is 4.42. The van der Waals surface area contributed by atoms with Crippen molar-refractivity contribution < 1.29 is 33.3 Å². The zero-order valence-corrected chi connectivity index (χ0v) is 16.4. The Morgan fingerprint density at radius 3 is 2.15 bits per heavy atom. The minimum absolute atomic E-state index is 0.106. The number of ether oxygens (including phenoxy) is 5. The van der Waals surface area contributed by atoms with Crippen molar-refractivity contribution >= 4 is 11.9 Å². The summed E-state index contributed by atoms with van der Waals surface area (Å²) in [5, 5.41) is 2.63. The fourth-order valence-electron chi connectivity index (χ4n) is 2.35. The quantitative estimate of drug-likeness (QED) is 0.264. The first kappa shape index (κ1) is 23.0. The largest absolute Gasteiger partial charge is 0.463 e. The molecule has 0 saturated carbocycles. The number of carbonyl (C=O) groups is 2. The first-order valence-electron chi connectivity index (χ1n) is 8.49. The van der Waals surface area contributed by atoms with Crippen LogP contribution in [-0.2, 0) is 33.3 Å². The summed E-state index contributed by atoms with van der Waals surface area (Å²) in [6, 6.07) is 0. The van der Waals surface area contributed by atoms with Gasteiger partial charge in [-0.2, -0.15) is 0 Å². The molecular weight excluding hydrogens is 354 g/mol. The van der Waals surface area contributed by atoms with Crippen molar-refractivity contribution in [3.8, 4) is 0 Å². The second-order valence-corrected chi connectivity index (χ2v) is 6.20. The molecule has 0 aromatic rings. The Morgan fingerprint density at radius 2 is 1.67 bits per heavy atom. The minimum atomic E-state index is -1.45. The van der Waals surface area contributed by atoms with E-state index in [4.69, 9.17) is 23.7 Å². The molecule has 1 rings (SSSR count). The van der Waals surface area contributed by atoms with E-state index < -0.39 is 35.7 Å². The van der Waals surface area contributed by atoms with Gasteiger partial charge in [0.25, 0.3) is 5.91 Å². The zero-order chi connectivity index (χ0) is 20.7. The SMILES string of the molecule is C=CCCOC(=O)[C@@H]1O[C@@](C)(OC)[C@](C)(OC)O[C@H]1C(=O)NCC(=C)C=C. The smallest absolute Gasteiger partial charge is 0.338 e. The molecule has 1 heterocycles. The number of methoxy groups -OCH3 is 2. The standard InChI is InChI=1S/C19H29NO7/c1-8-10-11-25-17(22)15-14(16(21)20-12-13(3)9-2)26-18(4,23-6)19(5,24-7)27-15/h8-9,14-15H,1-3,10-12H2,4-7H3,(H,20,21)/t14-,15-,18-,19-/m1/s1. The zero-order valence-electron chi connectivity index (χ0n) is 16.4. The van der Waals surface area contributed by atoms with Crippen LogP contribution in [-0.4, -0.2) is 63.0 Å². The van der Waals surface area contributed by atoms with Gasteiger partial charge >= 0.3 is 5.97 Å². The van der Waals surface area contributed by atoms with Gasteiger partial charge in [0.15, 0.2) is 12.2 Å². The summed E-state index contributed by atoms with van der Waals surface area (Å²) in [5.74, 6) is -4.23. The molecule has 0 radical (unpaired) electrons. The average molecular weight is 383 g/mol. The lowest BCUT2D eigenvalue weighted by Crippen LogP contribution is -2.69. The van der Waals surface area contributed by atoms with Gasteiger partial charge in [0.05, 0.1) is 6.61 Å². The summed E-state index contributed by atoms with van der Waals surface area (Å²) in [6.45, 7) is 14.2. The van der Waals surface area contributed by atoms with Crippen molar-refractivity contribution in [2.75, 3.05) is 27.4 Å². The van der Waals surface area contributed by atoms with Gasteiger partial charge < -0.3 is 29.0 Å². The van der Waals surface area contributed by atoms with Gasteiger partial charge in [0.1, 0.15) is 0 Å². The monoisotopic (exact) mass is 383 g/mol. The summed E-state index contributed by atoms with van der Waals surface area (Å²) in [5.41, 5.74) is 0.599. The summed E-state index contributed by atoms with van der Waals surface area (Å²) < 4.78 is 27.6. The highest BCUT2D eigenvalue weighted by molar-refractivity contribution is 5.89. The summed E-state index contributed by atoms with van der Waals surface area (Å²) >= 11 is 0. The molecule has 8 nitrogen and oxygen atoms in total. The average Bonchev–Trinajstić information content (AvgIpc) is 2.67. The van der Waals surface area contributed by atoms with E-state index in [0.717, 1.165) is 0 Å². The van der Waals surface area contributed by atoms with Gasteiger partial charge in [-0.1, -0.05) is 25.3 Å². The first-order valence-corrected chi connectivity index (χ1v) is 8.49. The van der Waals surface area contributed by atoms with E-state index in [0.29, 0.717) is 12.0 Å². The predicted molar refractivity (Wildman–Crippen MR) is 98.7 cm³/mol. The molecule has 0 bridgehead atoms. The summed E-state index contributed by atoms with van der Waals surface area (Å²) in [4.78, 5) is 25.2. The second kappa shape index (κ2) is 9.80. The van der Waals surface area contributed by atoms with Crippen molar-refractivity contribution in [3.05, 3.63) is 37.5 Å². The number of hydrogen-bond acceptors (Lipinski definition) is 7. The molecule has 1 fully saturated rings. The highest BCUT2D eigenvalue weighted by Crippen LogP contribution is 2.39. The molecular formula is C19H29NO7. The van der Waals surface area contributed by atoms with Crippen LogP contribution in [0.5, 0.6) is 0 Å². The van der Waals surface area contributed by atoms with E-state index in [2.05, 4.69) is 25.1 Å². The first-order chi connectivity index (χ1) is 12.7. The lowest BCUT2D eigenvalue weighted by Gasteiger charge is -2.50. The van der Waals surface area contributed by atoms with E-state index in [1.54, 1.807) is 19.9 Å². The van der Waals surface area contributed by atoms with E-state index in [9.17, 15) is 9.59 Å². The highest BCUT2D eigenvalue weighted by Gasteiger charge is 2.60. The van der Waals surface area contributed by atoms with Crippen LogP contribution in [0.4, 0.5) is 0 Å². The van der Waals surface area contributed by atoms with Crippen LogP contribution in [0.1, 0.15) is 20.3 Å². The summed E-state index contributed by atoms with van der Waals surface area (Å²) in [7, 11) is 2.77. The Labute approximate surface area is 160 Å². The van der Waals surface area contributed by atoms with Gasteiger partial charge in [0, 0.05) is 20.8 Å². The molecule has 4 atom stereocenters. The third kappa shape index (κ3) is 5.26. The number of esters is 1. The van der Waals surface area contributed by atoms with Crippen molar-refractivity contribution in [1.82, 2.24) is 5.32 Å². The number of amides is 1. The van der Waals surface area contributed by atoms with Crippen LogP contribution in [0.3, 0.4) is 0 Å². The maximum atomic E-state index is 12.7. The molecule has 1 aliphatic heterocycles. The predicted octanol–water partition coefficient (Wildman–Crippen LogP) is 1.47. The number of rotatable bonds is 10. The van der Waals surface area contributed by atoms with Gasteiger partial charge in [0.2, 0.25) is 11.6 Å². The molecule has 0 aromatic carbocycles. The second-order valence-electron chi connectivity index (χ2n) is 6.20. The van der Waals surface area contributed by atoms with Gasteiger partial charge in [-0.05, 0) is 25.8 Å². The minimum Gasteiger partial charge on any atom is -0.463 e. The maximum absolute atomic E-state index is 12.7. The summed E-state index contributed by atoms with van der Waals surface area (Å²) in [6.07, 6.45) is 0.928. The van der Waals surface area contributed by atoms with Crippen LogP contribution in [0.2, 0.25) is 0 Å². The molecule has 152 valence electrons. The van der Waals surface area contributed by atoms with E-state index in [-0.39, 0.29) is 13.2 Å². The number of nitrogens with one attached hydrogen (secondary N) is 1. The van der Waals surface area contributed by atoms with Crippen molar-refractivity contribution in [1.29, 1.82) is 0 Å². The van der Waals surface area contributed by atoms with Crippen LogP contribution < -0.4 is 5.32 Å². The molecule has 8 heteroatoms. The van der Waals surface area contributed by atoms with Crippen LogP contribution >= 0.6 is 0 Å². The van der Waals surface area contributed by atoms with Gasteiger partial charge in [-0.25, -0.2) is 4.79 Å². The molecule has 1 amide bonds. The fourth-order valence-corrected chi connectivity index (χ4v) is 2.35. The maximum Gasteiger partial charge on any atom is 0.338 e. The van der Waals surface area contributed by atoms with Crippen LogP contribution in [0.25, 0.3) is 0 Å². The lowest BCUT2D eigenvalue weighted by molar-refractivity contribution is -0.438. The van der Waals surface area contributed by atoms with Crippen molar-refractivity contribution in [2.45, 2.75) is 44.1 Å². The third-order valence-corrected chi connectivity index (χ3v) is 4.42. The number of carbonyl (C=O) groups excluding carboxylic acids is 2. The molecule has 1 aliphatic rings. The van der Waals surface area contributed by atoms with Crippen LogP contribution in [0, 0.1) is 0 Å². The van der Waals surface area contributed by atoms with Gasteiger partial charge in [-0.15, -0.1) is 6.58 Å². The van der Waals surface area contributed by atoms with Crippen LogP contribution in [0.15, 0.2) is 37.5 Å². The Balaban J connectivity index is 3.09. The Morgan fingerprint density at radius 1 is 1.11 bits per heavy atom. The molecule has 1 N–H and O–H groups in total. The molecule has 0 aromatic heterocycles. The Bertz CT molecular complexity index is 591. The molecule has 1 saturated heterocycles.